The van der Waals surface area contributed by atoms with Crippen molar-refractivity contribution in [2.75, 3.05) is 13.2 Å². The molecule has 80 valence electrons. The first kappa shape index (κ1) is 12.3. The molecule has 0 bridgehead atoms. The molecule has 14 heavy (non-hydrogen) atoms. The highest BCUT2D eigenvalue weighted by Crippen LogP contribution is 2.17. The maximum absolute atomic E-state index is 5.46. The Bertz CT molecular complexity index is 189. The molecule has 0 aromatic rings. The summed E-state index contributed by atoms with van der Waals surface area (Å²) < 4.78 is 12.0. The summed E-state index contributed by atoms with van der Waals surface area (Å²) in [7, 11) is -0.157. The molecule has 0 aliphatic carbocycles. The zero-order chi connectivity index (χ0) is 10.4. The summed E-state index contributed by atoms with van der Waals surface area (Å²) in [5, 5.41) is 0. The maximum atomic E-state index is 5.46. The molecule has 0 aromatic heterocycles. The van der Waals surface area contributed by atoms with Crippen LogP contribution in [0, 0.1) is 5.92 Å². The molecule has 1 heterocycles. The van der Waals surface area contributed by atoms with Gasteiger partial charge >= 0.3 is 7.12 Å². The molecule has 0 N–H and O–H groups in total. The minimum atomic E-state index is -0.157. The SMILES string of the molecule is CC(C)CC/C=C(\Br)B1OCCCO1. The minimum absolute atomic E-state index is 0.157. The van der Waals surface area contributed by atoms with E-state index in [2.05, 4.69) is 35.9 Å². The summed E-state index contributed by atoms with van der Waals surface area (Å²) in [4.78, 5) is 0. The monoisotopic (exact) mass is 260 g/mol. The Hall–Kier alpha value is 0.205. The highest BCUT2D eigenvalue weighted by Gasteiger charge is 2.24. The summed E-state index contributed by atoms with van der Waals surface area (Å²) in [6, 6.07) is 0. The van der Waals surface area contributed by atoms with Gasteiger partial charge in [0, 0.05) is 17.6 Å². The van der Waals surface area contributed by atoms with Gasteiger partial charge in [0.15, 0.2) is 0 Å². The van der Waals surface area contributed by atoms with Gasteiger partial charge in [0.05, 0.1) is 0 Å². The first-order chi connectivity index (χ1) is 6.70. The van der Waals surface area contributed by atoms with Crippen molar-refractivity contribution in [1.29, 1.82) is 0 Å². The van der Waals surface area contributed by atoms with Crippen LogP contribution in [-0.2, 0) is 9.31 Å². The Labute approximate surface area is 95.3 Å². The van der Waals surface area contributed by atoms with Crippen LogP contribution in [0.15, 0.2) is 10.5 Å². The van der Waals surface area contributed by atoms with Crippen LogP contribution in [0.3, 0.4) is 0 Å². The standard InChI is InChI=1S/C10H18BBrO2/c1-9(2)5-3-6-10(12)11-13-7-4-8-14-11/h6,9H,3-5,7-8H2,1-2H3/b10-6-. The van der Waals surface area contributed by atoms with E-state index in [1.807, 2.05) is 0 Å². The van der Waals surface area contributed by atoms with Gasteiger partial charge in [-0.25, -0.2) is 0 Å². The quantitative estimate of drug-likeness (QED) is 0.723. The van der Waals surface area contributed by atoms with E-state index in [9.17, 15) is 0 Å². The summed E-state index contributed by atoms with van der Waals surface area (Å²) >= 11 is 3.50. The zero-order valence-electron chi connectivity index (χ0n) is 8.96. The van der Waals surface area contributed by atoms with Crippen molar-refractivity contribution in [3.63, 3.8) is 0 Å². The Kier molecular flexibility index (Phi) is 5.83. The van der Waals surface area contributed by atoms with Gasteiger partial charge < -0.3 is 9.31 Å². The molecule has 0 spiro atoms. The fourth-order valence-electron chi connectivity index (χ4n) is 1.30. The van der Waals surface area contributed by atoms with Crippen LogP contribution in [0.1, 0.15) is 33.1 Å². The average Bonchev–Trinajstić information content (AvgIpc) is 2.18. The number of hydrogen-bond acceptors (Lipinski definition) is 2. The molecule has 0 saturated carbocycles. The van der Waals surface area contributed by atoms with Crippen LogP contribution >= 0.6 is 15.9 Å². The van der Waals surface area contributed by atoms with Gasteiger partial charge in [-0.3, -0.25) is 0 Å². The van der Waals surface area contributed by atoms with Gasteiger partial charge in [0.1, 0.15) is 0 Å². The maximum Gasteiger partial charge on any atom is 0.500 e. The topological polar surface area (TPSA) is 18.5 Å². The number of hydrogen-bond donors (Lipinski definition) is 0. The molecule has 0 amide bonds. The first-order valence-electron chi connectivity index (χ1n) is 5.29. The van der Waals surface area contributed by atoms with E-state index in [4.69, 9.17) is 9.31 Å². The zero-order valence-corrected chi connectivity index (χ0v) is 10.5. The third-order valence-corrected chi connectivity index (χ3v) is 2.83. The van der Waals surface area contributed by atoms with E-state index in [1.54, 1.807) is 0 Å². The van der Waals surface area contributed by atoms with Gasteiger partial charge in [-0.05, 0) is 25.2 Å². The first-order valence-corrected chi connectivity index (χ1v) is 6.08. The second-order valence-electron chi connectivity index (χ2n) is 3.99. The van der Waals surface area contributed by atoms with Crippen molar-refractivity contribution >= 4 is 23.0 Å². The number of rotatable bonds is 4. The van der Waals surface area contributed by atoms with Crippen molar-refractivity contribution in [2.45, 2.75) is 33.1 Å². The lowest BCUT2D eigenvalue weighted by Crippen LogP contribution is -2.30. The molecule has 2 nitrogen and oxygen atoms in total. The average molecular weight is 261 g/mol. The van der Waals surface area contributed by atoms with Crippen LogP contribution in [0.5, 0.6) is 0 Å². The normalized spacial score (nSPS) is 19.1. The molecule has 1 rings (SSSR count). The fraction of sp³-hybridized carbons (Fsp3) is 0.800. The second-order valence-corrected chi connectivity index (χ2v) is 4.90. The predicted molar refractivity (Wildman–Crippen MR) is 63.4 cm³/mol. The van der Waals surface area contributed by atoms with Gasteiger partial charge in [0.2, 0.25) is 0 Å². The van der Waals surface area contributed by atoms with Gasteiger partial charge in [-0.15, -0.1) is 0 Å². The molecular formula is C10H18BBrO2. The summed E-state index contributed by atoms with van der Waals surface area (Å²) in [6.07, 6.45) is 5.46. The number of allylic oxidation sites excluding steroid dienone is 1. The van der Waals surface area contributed by atoms with Crippen molar-refractivity contribution in [3.8, 4) is 0 Å². The molecule has 0 radical (unpaired) electrons. The largest absolute Gasteiger partial charge is 0.500 e. The molecule has 1 fully saturated rings. The molecule has 0 atom stereocenters. The molecule has 0 unspecified atom stereocenters. The highest BCUT2D eigenvalue weighted by atomic mass is 79.9. The summed E-state index contributed by atoms with van der Waals surface area (Å²) in [5.74, 6) is 0.750. The van der Waals surface area contributed by atoms with E-state index < -0.39 is 0 Å². The van der Waals surface area contributed by atoms with E-state index in [0.717, 1.165) is 36.4 Å². The summed E-state index contributed by atoms with van der Waals surface area (Å²) in [6.45, 7) is 6.07. The van der Waals surface area contributed by atoms with Crippen LogP contribution < -0.4 is 0 Å². The molecule has 0 aromatic carbocycles. The second kappa shape index (κ2) is 6.65. The van der Waals surface area contributed by atoms with Crippen LogP contribution in [0.4, 0.5) is 0 Å². The molecule has 1 saturated heterocycles. The van der Waals surface area contributed by atoms with E-state index >= 15 is 0 Å². The van der Waals surface area contributed by atoms with E-state index in [0.29, 0.717) is 0 Å². The third-order valence-electron chi connectivity index (χ3n) is 2.14. The molecule has 4 heteroatoms. The van der Waals surface area contributed by atoms with Crippen molar-refractivity contribution in [1.82, 2.24) is 0 Å². The Morgan fingerprint density at radius 2 is 2.07 bits per heavy atom. The highest BCUT2D eigenvalue weighted by molar-refractivity contribution is 9.12. The van der Waals surface area contributed by atoms with Crippen molar-refractivity contribution in [3.05, 3.63) is 10.5 Å². The Balaban J connectivity index is 2.27. The number of halogens is 1. The lowest BCUT2D eigenvalue weighted by molar-refractivity contribution is 0.142. The minimum Gasteiger partial charge on any atom is -0.407 e. The van der Waals surface area contributed by atoms with Gasteiger partial charge in [-0.2, -0.15) is 0 Å². The molecular weight excluding hydrogens is 243 g/mol. The van der Waals surface area contributed by atoms with Crippen molar-refractivity contribution < 1.29 is 9.31 Å². The van der Waals surface area contributed by atoms with Gasteiger partial charge in [0.25, 0.3) is 0 Å². The molecule has 1 aliphatic heterocycles. The fourth-order valence-corrected chi connectivity index (χ4v) is 1.79. The van der Waals surface area contributed by atoms with Crippen LogP contribution in [0.25, 0.3) is 0 Å². The van der Waals surface area contributed by atoms with Gasteiger partial charge in [-0.1, -0.05) is 35.9 Å². The van der Waals surface area contributed by atoms with Crippen LogP contribution in [0.2, 0.25) is 0 Å². The smallest absolute Gasteiger partial charge is 0.407 e. The summed E-state index contributed by atoms with van der Waals surface area (Å²) in [5.41, 5.74) is 0. The van der Waals surface area contributed by atoms with E-state index in [1.165, 1.54) is 6.42 Å². The third kappa shape index (κ3) is 4.62. The lowest BCUT2D eigenvalue weighted by atomic mass is 9.87. The van der Waals surface area contributed by atoms with E-state index in [-0.39, 0.29) is 7.12 Å². The Morgan fingerprint density at radius 3 is 2.64 bits per heavy atom. The van der Waals surface area contributed by atoms with Crippen molar-refractivity contribution in [2.24, 2.45) is 5.92 Å². The lowest BCUT2D eigenvalue weighted by Gasteiger charge is -2.19. The molecule has 1 aliphatic rings. The van der Waals surface area contributed by atoms with Crippen LogP contribution in [-0.4, -0.2) is 20.3 Å². The predicted octanol–water partition coefficient (Wildman–Crippen LogP) is 3.17. The Morgan fingerprint density at radius 1 is 1.43 bits per heavy atom.